The number of aliphatic carboxylic acids is 1. The Balaban J connectivity index is 1.78. The number of carbonyl (C=O) groups is 1. The first-order valence-corrected chi connectivity index (χ1v) is 10.2. The fourth-order valence-electron chi connectivity index (χ4n) is 2.89. The Morgan fingerprint density at radius 1 is 1.26 bits per heavy atom. The van der Waals surface area contributed by atoms with Crippen LogP contribution in [0.3, 0.4) is 0 Å². The molecule has 0 spiro atoms. The summed E-state index contributed by atoms with van der Waals surface area (Å²) in [5.41, 5.74) is 1.96. The number of aryl methyl sites for hydroxylation is 1. The summed E-state index contributed by atoms with van der Waals surface area (Å²) in [7, 11) is 0. The predicted octanol–water partition coefficient (Wildman–Crippen LogP) is 2.52. The molecule has 0 amide bonds. The monoisotopic (exact) mass is 398 g/mol. The molecule has 0 fully saturated rings. The summed E-state index contributed by atoms with van der Waals surface area (Å²) in [6.45, 7) is 4.62. The van der Waals surface area contributed by atoms with E-state index in [-0.39, 0.29) is 5.75 Å². The third kappa shape index (κ3) is 3.24. The molecular formula is C18H16N5O2S2-. The van der Waals surface area contributed by atoms with Crippen LogP contribution < -0.4 is 5.11 Å². The molecule has 0 radical (unpaired) electrons. The van der Waals surface area contributed by atoms with Gasteiger partial charge in [-0.3, -0.25) is 0 Å². The number of para-hydroxylation sites is 1. The van der Waals surface area contributed by atoms with Gasteiger partial charge in [-0.15, -0.1) is 21.5 Å². The summed E-state index contributed by atoms with van der Waals surface area (Å²) in [5, 5.41) is 25.5. The van der Waals surface area contributed by atoms with Gasteiger partial charge in [-0.25, -0.2) is 4.68 Å². The lowest BCUT2D eigenvalue weighted by Gasteiger charge is -2.06. The minimum atomic E-state index is -1.12. The van der Waals surface area contributed by atoms with Gasteiger partial charge in [-0.1, -0.05) is 30.0 Å². The highest BCUT2D eigenvalue weighted by Crippen LogP contribution is 2.36. The standard InChI is InChI=1S/C18H17N5O2S2/c1-3-22-16(19-20-18(22)26-10-15(24)25)14-9-13-11(2)21-23(17(13)27-14)12-7-5-4-6-8-12/h4-9H,3,10H2,1-2H3,(H,24,25)/p-1. The number of thioether (sulfide) groups is 1. The van der Waals surface area contributed by atoms with E-state index in [1.165, 1.54) is 0 Å². The Hall–Kier alpha value is -2.65. The van der Waals surface area contributed by atoms with Crippen LogP contribution in [0.15, 0.2) is 41.6 Å². The Morgan fingerprint density at radius 2 is 2.04 bits per heavy atom. The molecule has 9 heteroatoms. The molecule has 0 N–H and O–H groups in total. The largest absolute Gasteiger partial charge is 0.549 e. The molecule has 3 heterocycles. The summed E-state index contributed by atoms with van der Waals surface area (Å²) in [5.74, 6) is -0.529. The van der Waals surface area contributed by atoms with Crippen LogP contribution in [0.25, 0.3) is 26.6 Å². The number of fused-ring (bicyclic) bond motifs is 1. The molecule has 4 aromatic rings. The zero-order valence-electron chi connectivity index (χ0n) is 14.7. The van der Waals surface area contributed by atoms with Crippen molar-refractivity contribution in [2.24, 2.45) is 0 Å². The van der Waals surface area contributed by atoms with Crippen molar-refractivity contribution in [3.8, 4) is 16.4 Å². The maximum absolute atomic E-state index is 10.7. The van der Waals surface area contributed by atoms with E-state index in [0.29, 0.717) is 11.7 Å². The number of nitrogens with zero attached hydrogens (tertiary/aromatic N) is 5. The second-order valence-corrected chi connectivity index (χ2v) is 7.85. The number of carboxylic acid groups (broad SMARTS) is 1. The van der Waals surface area contributed by atoms with Crippen LogP contribution in [0.1, 0.15) is 12.6 Å². The van der Waals surface area contributed by atoms with Gasteiger partial charge in [0, 0.05) is 17.7 Å². The van der Waals surface area contributed by atoms with Crippen molar-refractivity contribution < 1.29 is 9.90 Å². The molecule has 27 heavy (non-hydrogen) atoms. The average molecular weight is 398 g/mol. The van der Waals surface area contributed by atoms with Crippen molar-refractivity contribution in [3.05, 3.63) is 42.1 Å². The SMILES string of the molecule is CCn1c(SCC(=O)[O-])nnc1-c1cc2c(C)nn(-c3ccccc3)c2s1. The lowest BCUT2D eigenvalue weighted by Crippen LogP contribution is -2.24. The minimum absolute atomic E-state index is 0.146. The number of thiophene rings is 1. The van der Waals surface area contributed by atoms with Gasteiger partial charge in [0.2, 0.25) is 0 Å². The van der Waals surface area contributed by atoms with Gasteiger partial charge >= 0.3 is 0 Å². The lowest BCUT2D eigenvalue weighted by atomic mass is 10.3. The summed E-state index contributed by atoms with van der Waals surface area (Å²) < 4.78 is 3.87. The topological polar surface area (TPSA) is 88.7 Å². The number of carbonyl (C=O) groups excluding carboxylic acids is 1. The third-order valence-electron chi connectivity index (χ3n) is 4.12. The predicted molar refractivity (Wildman–Crippen MR) is 104 cm³/mol. The quantitative estimate of drug-likeness (QED) is 0.464. The number of hydrogen-bond donors (Lipinski definition) is 0. The van der Waals surface area contributed by atoms with Crippen molar-refractivity contribution in [3.63, 3.8) is 0 Å². The molecule has 0 aliphatic rings. The highest BCUT2D eigenvalue weighted by atomic mass is 32.2. The fraction of sp³-hybridized carbons (Fsp3) is 0.222. The zero-order chi connectivity index (χ0) is 19.0. The second-order valence-electron chi connectivity index (χ2n) is 5.87. The summed E-state index contributed by atoms with van der Waals surface area (Å²) >= 11 is 2.72. The van der Waals surface area contributed by atoms with Gasteiger partial charge in [-0.05, 0) is 32.0 Å². The highest BCUT2D eigenvalue weighted by molar-refractivity contribution is 7.99. The summed E-state index contributed by atoms with van der Waals surface area (Å²) in [6, 6.07) is 12.1. The molecule has 0 aliphatic heterocycles. The molecule has 0 atom stereocenters. The summed E-state index contributed by atoms with van der Waals surface area (Å²) in [6.07, 6.45) is 0. The van der Waals surface area contributed by atoms with Crippen LogP contribution in [0.2, 0.25) is 0 Å². The van der Waals surface area contributed by atoms with Crippen LogP contribution in [-0.2, 0) is 11.3 Å². The van der Waals surface area contributed by atoms with Crippen molar-refractivity contribution in [1.29, 1.82) is 0 Å². The van der Waals surface area contributed by atoms with E-state index in [1.807, 2.05) is 53.4 Å². The molecule has 0 saturated heterocycles. The van der Waals surface area contributed by atoms with Crippen LogP contribution in [0.5, 0.6) is 0 Å². The van der Waals surface area contributed by atoms with Crippen molar-refractivity contribution >= 4 is 39.3 Å². The molecule has 4 rings (SSSR count). The van der Waals surface area contributed by atoms with Gasteiger partial charge in [0.15, 0.2) is 11.0 Å². The van der Waals surface area contributed by atoms with Crippen LogP contribution in [-0.4, -0.2) is 36.3 Å². The number of benzene rings is 1. The molecule has 138 valence electrons. The van der Waals surface area contributed by atoms with E-state index in [9.17, 15) is 9.90 Å². The van der Waals surface area contributed by atoms with Crippen molar-refractivity contribution in [1.82, 2.24) is 24.5 Å². The smallest absolute Gasteiger partial charge is 0.191 e. The maximum atomic E-state index is 10.7. The van der Waals surface area contributed by atoms with Crippen LogP contribution in [0.4, 0.5) is 0 Å². The molecular weight excluding hydrogens is 382 g/mol. The van der Waals surface area contributed by atoms with Gasteiger partial charge in [0.05, 0.1) is 22.2 Å². The van der Waals surface area contributed by atoms with E-state index >= 15 is 0 Å². The molecule has 0 bridgehead atoms. The van der Waals surface area contributed by atoms with Gasteiger partial charge in [0.1, 0.15) is 4.83 Å². The second kappa shape index (κ2) is 7.16. The Morgan fingerprint density at radius 3 is 2.74 bits per heavy atom. The lowest BCUT2D eigenvalue weighted by molar-refractivity contribution is -0.301. The number of rotatable bonds is 6. The Bertz CT molecular complexity index is 1110. The van der Waals surface area contributed by atoms with Crippen molar-refractivity contribution in [2.45, 2.75) is 25.5 Å². The Labute approximate surface area is 163 Å². The van der Waals surface area contributed by atoms with E-state index in [1.54, 1.807) is 11.3 Å². The number of hydrogen-bond acceptors (Lipinski definition) is 7. The number of carboxylic acids is 1. The molecule has 0 unspecified atom stereocenters. The van der Waals surface area contributed by atoms with Crippen LogP contribution >= 0.6 is 23.1 Å². The van der Waals surface area contributed by atoms with E-state index in [4.69, 9.17) is 0 Å². The average Bonchev–Trinajstić information content (AvgIpc) is 3.34. The molecule has 0 aliphatic carbocycles. The van der Waals surface area contributed by atoms with E-state index in [2.05, 4.69) is 21.4 Å². The molecule has 3 aromatic heterocycles. The highest BCUT2D eigenvalue weighted by Gasteiger charge is 2.19. The van der Waals surface area contributed by atoms with E-state index < -0.39 is 5.97 Å². The molecule has 1 aromatic carbocycles. The normalized spacial score (nSPS) is 11.3. The zero-order valence-corrected chi connectivity index (χ0v) is 16.4. The van der Waals surface area contributed by atoms with Crippen LogP contribution in [0, 0.1) is 6.92 Å². The van der Waals surface area contributed by atoms with Crippen molar-refractivity contribution in [2.75, 3.05) is 5.75 Å². The first-order chi connectivity index (χ1) is 13.1. The van der Waals surface area contributed by atoms with E-state index in [0.717, 1.165) is 44.1 Å². The Kier molecular flexibility index (Phi) is 4.71. The van der Waals surface area contributed by atoms with Gasteiger partial charge in [-0.2, -0.15) is 5.10 Å². The maximum Gasteiger partial charge on any atom is 0.191 e. The summed E-state index contributed by atoms with van der Waals surface area (Å²) in [4.78, 5) is 12.8. The minimum Gasteiger partial charge on any atom is -0.549 e. The first-order valence-electron chi connectivity index (χ1n) is 8.39. The van der Waals surface area contributed by atoms with Gasteiger partial charge < -0.3 is 14.5 Å². The van der Waals surface area contributed by atoms with Gasteiger partial charge in [0.25, 0.3) is 0 Å². The molecule has 7 nitrogen and oxygen atoms in total. The fourth-order valence-corrected chi connectivity index (χ4v) is 4.78. The molecule has 0 saturated carbocycles. The third-order valence-corrected chi connectivity index (χ3v) is 6.16. The number of aromatic nitrogens is 5. The first kappa shape index (κ1) is 17.7.